The van der Waals surface area contributed by atoms with Crippen molar-refractivity contribution in [2.75, 3.05) is 0 Å². The second kappa shape index (κ2) is 9.34. The predicted octanol–water partition coefficient (Wildman–Crippen LogP) is 6.41. The summed E-state index contributed by atoms with van der Waals surface area (Å²) in [6.07, 6.45) is 4.74. The molecule has 1 heteroatoms. The average molecular weight is 333 g/mol. The van der Waals surface area contributed by atoms with Gasteiger partial charge in [0.25, 0.3) is 0 Å². The molecule has 0 aromatic heterocycles. The van der Waals surface area contributed by atoms with Gasteiger partial charge >= 0.3 is 0 Å². The minimum Gasteiger partial charge on any atom is -0.123 e. The van der Waals surface area contributed by atoms with Crippen molar-refractivity contribution in [1.82, 2.24) is 0 Å². The first kappa shape index (κ1) is 16.9. The summed E-state index contributed by atoms with van der Waals surface area (Å²) in [5.41, 5.74) is 2.88. The van der Waals surface area contributed by atoms with Gasteiger partial charge in [-0.1, -0.05) is 78.9 Å². The Balaban J connectivity index is 1.61. The highest BCUT2D eigenvalue weighted by Crippen LogP contribution is 2.29. The normalized spacial score (nSPS) is 10.9. The van der Waals surface area contributed by atoms with Crippen LogP contribution in [-0.2, 0) is 12.8 Å². The van der Waals surface area contributed by atoms with E-state index in [1.165, 1.54) is 28.9 Å². The van der Waals surface area contributed by atoms with Gasteiger partial charge in [0, 0.05) is 10.1 Å². The Labute approximate surface area is 149 Å². The van der Waals surface area contributed by atoms with Crippen LogP contribution >= 0.6 is 11.8 Å². The van der Waals surface area contributed by atoms with Gasteiger partial charge in [0.2, 0.25) is 0 Å². The summed E-state index contributed by atoms with van der Waals surface area (Å²) in [6, 6.07) is 32.5. The number of hydrogen-bond acceptors (Lipinski definition) is 1. The highest BCUT2D eigenvalue weighted by molar-refractivity contribution is 8.00. The molecule has 24 heavy (non-hydrogen) atoms. The molecule has 0 heterocycles. The Hall–Kier alpha value is -1.99. The first-order chi connectivity index (χ1) is 11.9. The Kier molecular flexibility index (Phi) is 6.56. The Morgan fingerprint density at radius 3 is 1.42 bits per heavy atom. The summed E-state index contributed by atoms with van der Waals surface area (Å²) in [7, 11) is 0. The van der Waals surface area contributed by atoms with E-state index in [1.54, 1.807) is 0 Å². The van der Waals surface area contributed by atoms with Gasteiger partial charge < -0.3 is 0 Å². The summed E-state index contributed by atoms with van der Waals surface area (Å²) in [5.74, 6) is 0. The monoisotopic (exact) mass is 332 g/mol. The van der Waals surface area contributed by atoms with Crippen molar-refractivity contribution in [3.63, 3.8) is 0 Å². The van der Waals surface area contributed by atoms with E-state index in [0.717, 1.165) is 12.8 Å². The summed E-state index contributed by atoms with van der Waals surface area (Å²) < 4.78 is 0. The second-order valence-electron chi connectivity index (χ2n) is 6.10. The van der Waals surface area contributed by atoms with Crippen LogP contribution in [0.1, 0.15) is 24.0 Å². The van der Waals surface area contributed by atoms with Crippen molar-refractivity contribution in [3.8, 4) is 0 Å². The van der Waals surface area contributed by atoms with Crippen LogP contribution in [0, 0.1) is 0 Å². The molecule has 0 bridgehead atoms. The molecular formula is C23H24S. The maximum Gasteiger partial charge on any atom is 0.0101 e. The van der Waals surface area contributed by atoms with Gasteiger partial charge in [0.05, 0.1) is 0 Å². The van der Waals surface area contributed by atoms with Crippen LogP contribution in [0.15, 0.2) is 95.9 Å². The minimum absolute atomic E-state index is 0.646. The molecule has 0 aliphatic heterocycles. The zero-order chi connectivity index (χ0) is 16.5. The van der Waals surface area contributed by atoms with Crippen LogP contribution in [0.3, 0.4) is 0 Å². The third-order valence-electron chi connectivity index (χ3n) is 4.24. The number of rotatable bonds is 8. The van der Waals surface area contributed by atoms with Crippen molar-refractivity contribution in [1.29, 1.82) is 0 Å². The van der Waals surface area contributed by atoms with Crippen LogP contribution in [0.2, 0.25) is 0 Å². The van der Waals surface area contributed by atoms with Crippen molar-refractivity contribution < 1.29 is 0 Å². The third kappa shape index (κ3) is 5.58. The highest BCUT2D eigenvalue weighted by atomic mass is 32.2. The molecule has 0 atom stereocenters. The van der Waals surface area contributed by atoms with Gasteiger partial charge in [0.1, 0.15) is 0 Å². The standard InChI is InChI=1S/C23H24S/c1-4-10-20(11-5-1)16-18-23(24-22-14-8-3-9-15-22)19-17-21-12-6-2-7-13-21/h1-15,23H,16-19H2. The minimum atomic E-state index is 0.646. The summed E-state index contributed by atoms with van der Waals surface area (Å²) in [4.78, 5) is 1.38. The van der Waals surface area contributed by atoms with Gasteiger partial charge in [0.15, 0.2) is 0 Å². The van der Waals surface area contributed by atoms with E-state index < -0.39 is 0 Å². The molecular weight excluding hydrogens is 308 g/mol. The molecule has 3 aromatic carbocycles. The summed E-state index contributed by atoms with van der Waals surface area (Å²) in [5, 5.41) is 0.646. The van der Waals surface area contributed by atoms with Gasteiger partial charge in [-0.2, -0.15) is 0 Å². The van der Waals surface area contributed by atoms with E-state index >= 15 is 0 Å². The van der Waals surface area contributed by atoms with Crippen LogP contribution in [-0.4, -0.2) is 5.25 Å². The van der Waals surface area contributed by atoms with E-state index in [1.807, 2.05) is 11.8 Å². The molecule has 3 rings (SSSR count). The van der Waals surface area contributed by atoms with Crippen molar-refractivity contribution in [2.45, 2.75) is 35.8 Å². The van der Waals surface area contributed by atoms with Gasteiger partial charge in [-0.3, -0.25) is 0 Å². The first-order valence-corrected chi connectivity index (χ1v) is 9.58. The highest BCUT2D eigenvalue weighted by Gasteiger charge is 2.11. The fraction of sp³-hybridized carbons (Fsp3) is 0.217. The largest absolute Gasteiger partial charge is 0.123 e. The lowest BCUT2D eigenvalue weighted by Crippen LogP contribution is -2.06. The van der Waals surface area contributed by atoms with E-state index in [4.69, 9.17) is 0 Å². The molecule has 0 amide bonds. The molecule has 0 unspecified atom stereocenters. The number of benzene rings is 3. The fourth-order valence-corrected chi connectivity index (χ4v) is 4.07. The van der Waals surface area contributed by atoms with E-state index in [-0.39, 0.29) is 0 Å². The van der Waals surface area contributed by atoms with Crippen LogP contribution in [0.5, 0.6) is 0 Å². The predicted molar refractivity (Wildman–Crippen MR) is 106 cm³/mol. The molecule has 0 spiro atoms. The molecule has 0 aliphatic carbocycles. The van der Waals surface area contributed by atoms with Crippen molar-refractivity contribution in [3.05, 3.63) is 102 Å². The van der Waals surface area contributed by atoms with Gasteiger partial charge in [-0.25, -0.2) is 0 Å². The second-order valence-corrected chi connectivity index (χ2v) is 7.48. The number of aryl methyl sites for hydroxylation is 2. The van der Waals surface area contributed by atoms with E-state index in [0.29, 0.717) is 5.25 Å². The molecule has 3 aromatic rings. The molecule has 0 fully saturated rings. The third-order valence-corrected chi connectivity index (χ3v) is 5.59. The molecule has 0 aliphatic rings. The summed E-state index contributed by atoms with van der Waals surface area (Å²) in [6.45, 7) is 0. The molecule has 0 radical (unpaired) electrons. The molecule has 0 N–H and O–H groups in total. The van der Waals surface area contributed by atoms with Crippen LogP contribution in [0.25, 0.3) is 0 Å². The lowest BCUT2D eigenvalue weighted by molar-refractivity contribution is 0.696. The molecule has 0 nitrogen and oxygen atoms in total. The smallest absolute Gasteiger partial charge is 0.0101 e. The zero-order valence-corrected chi connectivity index (χ0v) is 14.8. The quantitative estimate of drug-likeness (QED) is 0.429. The number of thioether (sulfide) groups is 1. The Morgan fingerprint density at radius 1 is 0.542 bits per heavy atom. The van der Waals surface area contributed by atoms with Gasteiger partial charge in [-0.05, 0) is 48.9 Å². The fourth-order valence-electron chi connectivity index (χ4n) is 2.90. The van der Waals surface area contributed by atoms with E-state index in [9.17, 15) is 0 Å². The summed E-state index contributed by atoms with van der Waals surface area (Å²) >= 11 is 2.03. The topological polar surface area (TPSA) is 0 Å². The van der Waals surface area contributed by atoms with Crippen molar-refractivity contribution >= 4 is 11.8 Å². The van der Waals surface area contributed by atoms with Crippen LogP contribution in [0.4, 0.5) is 0 Å². The lowest BCUT2D eigenvalue weighted by Gasteiger charge is -2.17. The Bertz CT molecular complexity index is 648. The Morgan fingerprint density at radius 2 is 0.958 bits per heavy atom. The zero-order valence-electron chi connectivity index (χ0n) is 14.0. The first-order valence-electron chi connectivity index (χ1n) is 8.70. The average Bonchev–Trinajstić information content (AvgIpc) is 2.66. The van der Waals surface area contributed by atoms with Crippen molar-refractivity contribution in [2.24, 2.45) is 0 Å². The van der Waals surface area contributed by atoms with Crippen LogP contribution < -0.4 is 0 Å². The maximum absolute atomic E-state index is 2.24. The molecule has 122 valence electrons. The van der Waals surface area contributed by atoms with E-state index in [2.05, 4.69) is 91.0 Å². The molecule has 0 saturated carbocycles. The number of hydrogen-bond donors (Lipinski definition) is 0. The SMILES string of the molecule is c1ccc(CCC(CCc2ccccc2)Sc2ccccc2)cc1. The maximum atomic E-state index is 2.24. The van der Waals surface area contributed by atoms with Gasteiger partial charge in [-0.15, -0.1) is 11.8 Å². The molecule has 0 saturated heterocycles. The lowest BCUT2D eigenvalue weighted by atomic mass is 10.0.